The molecule has 0 aliphatic carbocycles. The van der Waals surface area contributed by atoms with Crippen molar-refractivity contribution in [3.05, 3.63) is 5.56 Å². The smallest absolute Gasteiger partial charge is 0.321 e. The van der Waals surface area contributed by atoms with Crippen LogP contribution in [0.1, 0.15) is 43.0 Å². The standard InChI is InChI=1S/C13H22N4O2S2/c1-4-5-6-7-8-20-12-9(10(14)18)11(21-16-12)15-13(19)17(2)3/h4-8H2,1-3H3,(H2,14,18)(H,15,19). The van der Waals surface area contributed by atoms with Gasteiger partial charge in [0.2, 0.25) is 0 Å². The van der Waals surface area contributed by atoms with Gasteiger partial charge in [0.15, 0.2) is 0 Å². The second kappa shape index (κ2) is 8.89. The van der Waals surface area contributed by atoms with E-state index in [0.717, 1.165) is 23.7 Å². The Balaban J connectivity index is 2.70. The van der Waals surface area contributed by atoms with Crippen molar-refractivity contribution in [2.45, 2.75) is 37.6 Å². The highest BCUT2D eigenvalue weighted by atomic mass is 32.2. The minimum absolute atomic E-state index is 0.305. The van der Waals surface area contributed by atoms with Gasteiger partial charge < -0.3 is 10.6 Å². The first-order chi connectivity index (χ1) is 9.97. The zero-order valence-electron chi connectivity index (χ0n) is 12.6. The van der Waals surface area contributed by atoms with Crippen LogP contribution in [0.4, 0.5) is 9.80 Å². The normalized spacial score (nSPS) is 10.4. The van der Waals surface area contributed by atoms with Crippen LogP contribution in [0, 0.1) is 0 Å². The van der Waals surface area contributed by atoms with Crippen molar-refractivity contribution in [1.82, 2.24) is 9.27 Å². The van der Waals surface area contributed by atoms with E-state index in [1.165, 1.54) is 35.9 Å². The number of hydrogen-bond donors (Lipinski definition) is 2. The molecule has 6 nitrogen and oxygen atoms in total. The van der Waals surface area contributed by atoms with Crippen molar-refractivity contribution in [2.24, 2.45) is 5.73 Å². The predicted molar refractivity (Wildman–Crippen MR) is 88.2 cm³/mol. The minimum Gasteiger partial charge on any atom is -0.365 e. The highest BCUT2D eigenvalue weighted by molar-refractivity contribution is 7.99. The molecular weight excluding hydrogens is 308 g/mol. The maximum atomic E-state index is 11.7. The van der Waals surface area contributed by atoms with Gasteiger partial charge in [0.1, 0.15) is 15.6 Å². The van der Waals surface area contributed by atoms with Crippen molar-refractivity contribution in [3.63, 3.8) is 0 Å². The number of amides is 3. The lowest BCUT2D eigenvalue weighted by atomic mass is 10.2. The van der Waals surface area contributed by atoms with Crippen molar-refractivity contribution in [3.8, 4) is 0 Å². The average Bonchev–Trinajstić information content (AvgIpc) is 2.81. The van der Waals surface area contributed by atoms with E-state index >= 15 is 0 Å². The molecule has 0 aromatic carbocycles. The monoisotopic (exact) mass is 330 g/mol. The zero-order valence-corrected chi connectivity index (χ0v) is 14.3. The number of carbonyl (C=O) groups excluding carboxylic acids is 2. The molecule has 0 saturated heterocycles. The van der Waals surface area contributed by atoms with Gasteiger partial charge in [0.25, 0.3) is 5.91 Å². The first-order valence-electron chi connectivity index (χ1n) is 6.88. The molecule has 0 unspecified atom stereocenters. The van der Waals surface area contributed by atoms with Crippen LogP contribution in [0.15, 0.2) is 5.03 Å². The maximum Gasteiger partial charge on any atom is 0.321 e. The summed E-state index contributed by atoms with van der Waals surface area (Å²) in [5, 5.41) is 3.67. The fourth-order valence-electron chi connectivity index (χ4n) is 1.58. The highest BCUT2D eigenvalue weighted by Crippen LogP contribution is 2.32. The summed E-state index contributed by atoms with van der Waals surface area (Å²) in [4.78, 5) is 24.7. The summed E-state index contributed by atoms with van der Waals surface area (Å²) in [5.41, 5.74) is 5.73. The molecule has 0 bridgehead atoms. The van der Waals surface area contributed by atoms with Gasteiger partial charge in [-0.2, -0.15) is 4.37 Å². The van der Waals surface area contributed by atoms with Gasteiger partial charge >= 0.3 is 6.03 Å². The molecule has 8 heteroatoms. The summed E-state index contributed by atoms with van der Waals surface area (Å²) in [6.07, 6.45) is 4.65. The number of nitrogens with two attached hydrogens (primary N) is 1. The summed E-state index contributed by atoms with van der Waals surface area (Å²) in [5.74, 6) is 0.333. The Morgan fingerprint density at radius 1 is 1.33 bits per heavy atom. The average molecular weight is 330 g/mol. The first-order valence-corrected chi connectivity index (χ1v) is 8.63. The highest BCUT2D eigenvalue weighted by Gasteiger charge is 2.21. The van der Waals surface area contributed by atoms with Gasteiger partial charge in [0.05, 0.1) is 0 Å². The number of carbonyl (C=O) groups is 2. The van der Waals surface area contributed by atoms with Crippen LogP contribution in [-0.4, -0.2) is 41.1 Å². The number of urea groups is 1. The zero-order chi connectivity index (χ0) is 15.8. The topological polar surface area (TPSA) is 88.3 Å². The second-order valence-corrected chi connectivity index (χ2v) is 6.65. The summed E-state index contributed by atoms with van der Waals surface area (Å²) >= 11 is 2.60. The SMILES string of the molecule is CCCCCCSc1nsc(NC(=O)N(C)C)c1C(N)=O. The van der Waals surface area contributed by atoms with Gasteiger partial charge in [-0.3, -0.25) is 10.1 Å². The van der Waals surface area contributed by atoms with Crippen LogP contribution in [-0.2, 0) is 0 Å². The van der Waals surface area contributed by atoms with Gasteiger partial charge in [-0.1, -0.05) is 26.2 Å². The van der Waals surface area contributed by atoms with Crippen LogP contribution in [0.3, 0.4) is 0 Å². The number of primary amides is 1. The molecular formula is C13H22N4O2S2. The molecule has 1 heterocycles. The Labute approximate surface area is 133 Å². The number of anilines is 1. The summed E-state index contributed by atoms with van der Waals surface area (Å²) < 4.78 is 4.24. The number of nitrogens with zero attached hydrogens (tertiary/aromatic N) is 2. The number of rotatable bonds is 8. The largest absolute Gasteiger partial charge is 0.365 e. The Bertz CT molecular complexity index is 489. The molecule has 118 valence electrons. The Kier molecular flexibility index (Phi) is 7.52. The third-order valence-electron chi connectivity index (χ3n) is 2.77. The quantitative estimate of drug-likeness (QED) is 0.566. The van der Waals surface area contributed by atoms with E-state index in [-0.39, 0.29) is 6.03 Å². The molecule has 1 aromatic heterocycles. The minimum atomic E-state index is -0.561. The fraction of sp³-hybridized carbons (Fsp3) is 0.615. The van der Waals surface area contributed by atoms with Crippen LogP contribution in [0.25, 0.3) is 0 Å². The van der Waals surface area contributed by atoms with Crippen LogP contribution in [0.2, 0.25) is 0 Å². The van der Waals surface area contributed by atoms with E-state index in [2.05, 4.69) is 16.6 Å². The van der Waals surface area contributed by atoms with Crippen molar-refractivity contribution in [1.29, 1.82) is 0 Å². The van der Waals surface area contributed by atoms with Gasteiger partial charge in [-0.25, -0.2) is 4.79 Å². The molecule has 0 saturated carbocycles. The molecule has 21 heavy (non-hydrogen) atoms. The lowest BCUT2D eigenvalue weighted by Gasteiger charge is -2.11. The maximum absolute atomic E-state index is 11.7. The van der Waals surface area contributed by atoms with E-state index < -0.39 is 5.91 Å². The van der Waals surface area contributed by atoms with Crippen molar-refractivity contribution < 1.29 is 9.59 Å². The van der Waals surface area contributed by atoms with Gasteiger partial charge in [-0.05, 0) is 23.7 Å². The lowest BCUT2D eigenvalue weighted by molar-refractivity contribution is 0.0998. The third kappa shape index (κ3) is 5.55. The number of aromatic nitrogens is 1. The fourth-order valence-corrected chi connectivity index (χ4v) is 3.55. The molecule has 3 amide bonds. The van der Waals surface area contributed by atoms with E-state index in [4.69, 9.17) is 5.73 Å². The summed E-state index contributed by atoms with van der Waals surface area (Å²) in [7, 11) is 3.26. The third-order valence-corrected chi connectivity index (χ3v) is 4.71. The molecule has 0 aliphatic heterocycles. The van der Waals surface area contributed by atoms with E-state index in [1.807, 2.05) is 0 Å². The molecule has 1 rings (SSSR count). The molecule has 0 fully saturated rings. The number of unbranched alkanes of at least 4 members (excludes halogenated alkanes) is 3. The predicted octanol–water partition coefficient (Wildman–Crippen LogP) is 3.01. The molecule has 3 N–H and O–H groups in total. The van der Waals surface area contributed by atoms with E-state index in [9.17, 15) is 9.59 Å². The second-order valence-electron chi connectivity index (χ2n) is 4.79. The number of thioether (sulfide) groups is 1. The molecule has 1 aromatic rings. The number of nitrogens with one attached hydrogen (secondary N) is 1. The van der Waals surface area contributed by atoms with Crippen LogP contribution < -0.4 is 11.1 Å². The molecule has 0 atom stereocenters. The van der Waals surface area contributed by atoms with Crippen molar-refractivity contribution in [2.75, 3.05) is 25.2 Å². The number of hydrogen-bond acceptors (Lipinski definition) is 5. The first kappa shape index (κ1) is 17.8. The van der Waals surface area contributed by atoms with E-state index in [0.29, 0.717) is 15.6 Å². The van der Waals surface area contributed by atoms with Crippen LogP contribution >= 0.6 is 23.3 Å². The Hall–Kier alpha value is -1.28. The molecule has 0 aliphatic rings. The summed E-state index contributed by atoms with van der Waals surface area (Å²) in [6, 6.07) is -0.305. The van der Waals surface area contributed by atoms with Crippen LogP contribution in [0.5, 0.6) is 0 Å². The Morgan fingerprint density at radius 3 is 2.62 bits per heavy atom. The van der Waals surface area contributed by atoms with E-state index in [1.54, 1.807) is 14.1 Å². The van der Waals surface area contributed by atoms with Gasteiger partial charge in [-0.15, -0.1) is 11.8 Å². The summed E-state index contributed by atoms with van der Waals surface area (Å²) in [6.45, 7) is 2.17. The molecule has 0 spiro atoms. The Morgan fingerprint density at radius 2 is 2.05 bits per heavy atom. The lowest BCUT2D eigenvalue weighted by Crippen LogP contribution is -2.28. The van der Waals surface area contributed by atoms with Crippen molar-refractivity contribution >= 4 is 40.2 Å². The molecule has 0 radical (unpaired) electrons. The van der Waals surface area contributed by atoms with Gasteiger partial charge in [0, 0.05) is 14.1 Å².